The van der Waals surface area contributed by atoms with E-state index < -0.39 is 6.10 Å². The first-order valence-corrected chi connectivity index (χ1v) is 9.81. The summed E-state index contributed by atoms with van der Waals surface area (Å²) in [5.74, 6) is 0.789. The number of carbonyl (C=O) groups is 2. The number of nitrogens with two attached hydrogens (primary N) is 1. The third-order valence-corrected chi connectivity index (χ3v) is 5.24. The van der Waals surface area contributed by atoms with Crippen LogP contribution in [0.2, 0.25) is 0 Å². The highest BCUT2D eigenvalue weighted by Gasteiger charge is 2.29. The first kappa shape index (κ1) is 20.4. The number of hydrogen-bond donors (Lipinski definition) is 3. The Morgan fingerprint density at radius 2 is 2.11 bits per heavy atom. The summed E-state index contributed by atoms with van der Waals surface area (Å²) in [6, 6.07) is 3.23. The number of benzene rings is 1. The van der Waals surface area contributed by atoms with Crippen LogP contribution in [0.15, 0.2) is 12.1 Å². The van der Waals surface area contributed by atoms with Gasteiger partial charge >= 0.3 is 0 Å². The summed E-state index contributed by atoms with van der Waals surface area (Å²) in [5, 5.41) is 13.3. The number of β-amino-alcohol motifs (C(OH)–C–C–N with tert-alkyl or cyclic N) is 1. The van der Waals surface area contributed by atoms with E-state index >= 15 is 0 Å². The second kappa shape index (κ2) is 9.25. The van der Waals surface area contributed by atoms with Gasteiger partial charge < -0.3 is 35.3 Å². The Hall–Kier alpha value is -2.32. The highest BCUT2D eigenvalue weighted by Crippen LogP contribution is 2.36. The molecule has 3 rings (SSSR count). The summed E-state index contributed by atoms with van der Waals surface area (Å²) in [6.45, 7) is 5.00. The minimum atomic E-state index is -0.513. The maximum atomic E-state index is 12.7. The van der Waals surface area contributed by atoms with Crippen molar-refractivity contribution < 1.29 is 24.2 Å². The summed E-state index contributed by atoms with van der Waals surface area (Å²) in [5.41, 5.74) is 6.66. The molecule has 1 saturated heterocycles. The molecule has 0 bridgehead atoms. The molecule has 0 saturated carbocycles. The summed E-state index contributed by atoms with van der Waals surface area (Å²) in [4.78, 5) is 25.9. The molecule has 0 spiro atoms. The fourth-order valence-corrected chi connectivity index (χ4v) is 3.70. The largest absolute Gasteiger partial charge is 0.486 e. The maximum Gasteiger partial charge on any atom is 0.255 e. The van der Waals surface area contributed by atoms with Crippen LogP contribution < -0.4 is 20.5 Å². The number of rotatable bonds is 7. The number of ketones is 1. The lowest BCUT2D eigenvalue weighted by atomic mass is 9.93. The number of likely N-dealkylation sites (tertiary alicyclic amines) is 1. The van der Waals surface area contributed by atoms with E-state index in [0.717, 1.165) is 25.9 Å². The molecule has 2 aliphatic rings. The molecule has 2 aliphatic heterocycles. The maximum absolute atomic E-state index is 12.7. The van der Waals surface area contributed by atoms with Crippen LogP contribution in [-0.4, -0.2) is 67.2 Å². The molecule has 2 atom stereocenters. The van der Waals surface area contributed by atoms with Gasteiger partial charge in [-0.2, -0.15) is 0 Å². The van der Waals surface area contributed by atoms with Crippen LogP contribution >= 0.6 is 0 Å². The summed E-state index contributed by atoms with van der Waals surface area (Å²) < 4.78 is 11.1. The number of Topliss-reactive ketones (excluding diaryl/α,β-unsaturated/α-hetero) is 1. The minimum Gasteiger partial charge on any atom is -0.486 e. The van der Waals surface area contributed by atoms with E-state index in [1.165, 1.54) is 0 Å². The molecule has 154 valence electrons. The molecule has 28 heavy (non-hydrogen) atoms. The zero-order valence-electron chi connectivity index (χ0n) is 16.3. The van der Waals surface area contributed by atoms with Gasteiger partial charge in [0.1, 0.15) is 19.0 Å². The van der Waals surface area contributed by atoms with Gasteiger partial charge in [0.05, 0.1) is 11.7 Å². The number of hydrogen-bond acceptors (Lipinski definition) is 7. The first-order valence-electron chi connectivity index (χ1n) is 9.81. The van der Waals surface area contributed by atoms with Crippen LogP contribution in [0.5, 0.6) is 11.5 Å². The monoisotopic (exact) mass is 391 g/mol. The number of nitrogens with one attached hydrogen (secondary N) is 1. The minimum absolute atomic E-state index is 0.0120. The molecule has 1 fully saturated rings. The van der Waals surface area contributed by atoms with Crippen LogP contribution in [0.1, 0.15) is 36.5 Å². The van der Waals surface area contributed by atoms with Gasteiger partial charge in [-0.15, -0.1) is 0 Å². The Morgan fingerprint density at radius 1 is 1.32 bits per heavy atom. The van der Waals surface area contributed by atoms with Crippen molar-refractivity contribution in [3.8, 4) is 11.5 Å². The van der Waals surface area contributed by atoms with Crippen LogP contribution in [-0.2, 0) is 4.79 Å². The van der Waals surface area contributed by atoms with Crippen molar-refractivity contribution in [1.82, 2.24) is 10.2 Å². The quantitative estimate of drug-likeness (QED) is 0.590. The standard InChI is InChI=1S/C20H29N3O5/c1-13(24)3-2-5-23-6-4-14(17(25)12-23)11-22-20(26)16-9-15(21)10-18-19(16)28-8-7-27-18/h9-10,14,17,25H,2-8,11-12,21H2,1H3,(H,22,26)/t14-,17?/m0/s1. The van der Waals surface area contributed by atoms with Gasteiger partial charge in [-0.05, 0) is 38.9 Å². The Balaban J connectivity index is 1.52. The van der Waals surface area contributed by atoms with Crippen molar-refractivity contribution >= 4 is 17.4 Å². The van der Waals surface area contributed by atoms with Crippen molar-refractivity contribution in [3.05, 3.63) is 17.7 Å². The van der Waals surface area contributed by atoms with E-state index in [1.807, 2.05) is 0 Å². The molecule has 8 heteroatoms. The van der Waals surface area contributed by atoms with E-state index in [9.17, 15) is 14.7 Å². The smallest absolute Gasteiger partial charge is 0.255 e. The number of aliphatic hydroxyl groups is 1. The molecule has 4 N–H and O–H groups in total. The third-order valence-electron chi connectivity index (χ3n) is 5.24. The molecule has 2 heterocycles. The van der Waals surface area contributed by atoms with Crippen molar-refractivity contribution in [2.24, 2.45) is 5.92 Å². The van der Waals surface area contributed by atoms with Crippen LogP contribution in [0.3, 0.4) is 0 Å². The number of anilines is 1. The third kappa shape index (κ3) is 5.14. The fraction of sp³-hybridized carbons (Fsp3) is 0.600. The molecular formula is C20H29N3O5. The van der Waals surface area contributed by atoms with Gasteiger partial charge in [-0.25, -0.2) is 0 Å². The molecule has 1 aromatic rings. The average Bonchev–Trinajstić information content (AvgIpc) is 2.66. The van der Waals surface area contributed by atoms with Gasteiger partial charge in [0.15, 0.2) is 11.5 Å². The Morgan fingerprint density at radius 3 is 2.86 bits per heavy atom. The summed E-state index contributed by atoms with van der Waals surface area (Å²) in [7, 11) is 0. The molecule has 1 unspecified atom stereocenters. The van der Waals surface area contributed by atoms with Crippen LogP contribution in [0.4, 0.5) is 5.69 Å². The van der Waals surface area contributed by atoms with Gasteiger partial charge in [0.2, 0.25) is 0 Å². The van der Waals surface area contributed by atoms with Gasteiger partial charge in [0, 0.05) is 37.2 Å². The van der Waals surface area contributed by atoms with Crippen molar-refractivity contribution in [1.29, 1.82) is 0 Å². The Labute approximate surface area is 165 Å². The number of aliphatic hydroxyl groups excluding tert-OH is 1. The number of fused-ring (bicyclic) bond motifs is 1. The van der Waals surface area contributed by atoms with Gasteiger partial charge in [0.25, 0.3) is 5.91 Å². The number of amides is 1. The van der Waals surface area contributed by atoms with E-state index in [-0.39, 0.29) is 17.6 Å². The van der Waals surface area contributed by atoms with Crippen molar-refractivity contribution in [2.45, 2.75) is 32.3 Å². The number of piperidine rings is 1. The second-order valence-electron chi connectivity index (χ2n) is 7.52. The van der Waals surface area contributed by atoms with Gasteiger partial charge in [-0.1, -0.05) is 0 Å². The first-order chi connectivity index (χ1) is 13.4. The molecular weight excluding hydrogens is 362 g/mol. The normalized spacial score (nSPS) is 21.9. The molecule has 0 aliphatic carbocycles. The summed E-state index contributed by atoms with van der Waals surface area (Å²) in [6.07, 6.45) is 1.66. The highest BCUT2D eigenvalue weighted by molar-refractivity contribution is 5.99. The van der Waals surface area contributed by atoms with E-state index in [0.29, 0.717) is 55.5 Å². The highest BCUT2D eigenvalue weighted by atomic mass is 16.6. The molecule has 1 aromatic carbocycles. The Bertz CT molecular complexity index is 724. The predicted molar refractivity (Wildman–Crippen MR) is 105 cm³/mol. The van der Waals surface area contributed by atoms with Crippen LogP contribution in [0, 0.1) is 5.92 Å². The van der Waals surface area contributed by atoms with Crippen LogP contribution in [0.25, 0.3) is 0 Å². The number of nitrogen functional groups attached to an aromatic ring is 1. The second-order valence-corrected chi connectivity index (χ2v) is 7.52. The van der Waals surface area contributed by atoms with Crippen molar-refractivity contribution in [2.75, 3.05) is 45.1 Å². The number of ether oxygens (including phenoxy) is 2. The number of carbonyl (C=O) groups excluding carboxylic acids is 2. The van der Waals surface area contributed by atoms with E-state index in [2.05, 4.69) is 10.2 Å². The zero-order valence-corrected chi connectivity index (χ0v) is 16.3. The zero-order chi connectivity index (χ0) is 20.1. The molecule has 0 radical (unpaired) electrons. The Kier molecular flexibility index (Phi) is 6.74. The van der Waals surface area contributed by atoms with E-state index in [4.69, 9.17) is 15.2 Å². The topological polar surface area (TPSA) is 114 Å². The SMILES string of the molecule is CC(=O)CCCN1CC[C@@H](CNC(=O)c2cc(N)cc3c2OCCO3)C(O)C1. The summed E-state index contributed by atoms with van der Waals surface area (Å²) >= 11 is 0. The lowest BCUT2D eigenvalue weighted by Crippen LogP contribution is -2.47. The lowest BCUT2D eigenvalue weighted by Gasteiger charge is -2.36. The lowest BCUT2D eigenvalue weighted by molar-refractivity contribution is -0.117. The van der Waals surface area contributed by atoms with Gasteiger partial charge in [-0.3, -0.25) is 4.79 Å². The van der Waals surface area contributed by atoms with Crippen molar-refractivity contribution in [3.63, 3.8) is 0 Å². The molecule has 0 aromatic heterocycles. The molecule has 1 amide bonds. The molecule has 8 nitrogen and oxygen atoms in total. The van der Waals surface area contributed by atoms with E-state index in [1.54, 1.807) is 19.1 Å². The number of nitrogens with zero attached hydrogens (tertiary/aromatic N) is 1. The average molecular weight is 391 g/mol. The predicted octanol–water partition coefficient (Wildman–Crippen LogP) is 0.822. The fourth-order valence-electron chi connectivity index (χ4n) is 3.70.